The van der Waals surface area contributed by atoms with E-state index in [4.69, 9.17) is 14.5 Å². The molecule has 0 aliphatic carbocycles. The van der Waals surface area contributed by atoms with E-state index in [1.807, 2.05) is 19.1 Å². The minimum atomic E-state index is -0.213. The van der Waals surface area contributed by atoms with E-state index in [0.29, 0.717) is 6.54 Å². The Hall–Kier alpha value is -1.66. The molecule has 2 N–H and O–H groups in total. The Morgan fingerprint density at radius 3 is 2.73 bits per heavy atom. The molecule has 1 saturated heterocycles. The molecule has 0 amide bonds. The van der Waals surface area contributed by atoms with Crippen molar-refractivity contribution in [3.8, 4) is 0 Å². The Kier molecular flexibility index (Phi) is 8.32. The zero-order valence-corrected chi connectivity index (χ0v) is 16.2. The second-order valence-electron chi connectivity index (χ2n) is 7.22. The van der Waals surface area contributed by atoms with Crippen molar-refractivity contribution >= 4 is 5.96 Å². The van der Waals surface area contributed by atoms with Crippen LogP contribution in [0.3, 0.4) is 0 Å². The first kappa shape index (κ1) is 20.6. The lowest BCUT2D eigenvalue weighted by atomic mass is 9.85. The minimum absolute atomic E-state index is 0.165. The SMILES string of the molecule is CCNC(=NCC(C)(C)c1ccc(F)cc1)NCCCOC1CCOC1. The Morgan fingerprint density at radius 2 is 2.08 bits per heavy atom. The smallest absolute Gasteiger partial charge is 0.191 e. The molecule has 5 nitrogen and oxygen atoms in total. The Morgan fingerprint density at radius 1 is 1.31 bits per heavy atom. The van der Waals surface area contributed by atoms with Crippen molar-refractivity contribution in [3.05, 3.63) is 35.6 Å². The lowest BCUT2D eigenvalue weighted by Gasteiger charge is -2.24. The zero-order valence-electron chi connectivity index (χ0n) is 16.2. The van der Waals surface area contributed by atoms with Crippen molar-refractivity contribution in [3.63, 3.8) is 0 Å². The third-order valence-electron chi connectivity index (χ3n) is 4.46. The molecule has 2 rings (SSSR count). The Balaban J connectivity index is 1.78. The van der Waals surface area contributed by atoms with E-state index in [0.717, 1.165) is 57.3 Å². The predicted molar refractivity (Wildman–Crippen MR) is 103 cm³/mol. The van der Waals surface area contributed by atoms with Gasteiger partial charge >= 0.3 is 0 Å². The van der Waals surface area contributed by atoms with Gasteiger partial charge in [-0.2, -0.15) is 0 Å². The van der Waals surface area contributed by atoms with Crippen LogP contribution in [0.15, 0.2) is 29.3 Å². The summed E-state index contributed by atoms with van der Waals surface area (Å²) in [6.45, 7) is 10.8. The van der Waals surface area contributed by atoms with Crippen LogP contribution in [0.4, 0.5) is 4.39 Å². The van der Waals surface area contributed by atoms with Crippen molar-refractivity contribution in [1.29, 1.82) is 0 Å². The number of benzene rings is 1. The Bertz CT molecular complexity index is 555. The van der Waals surface area contributed by atoms with Crippen LogP contribution < -0.4 is 10.6 Å². The number of ether oxygens (including phenoxy) is 2. The maximum atomic E-state index is 13.1. The van der Waals surface area contributed by atoms with Gasteiger partial charge in [-0.3, -0.25) is 4.99 Å². The summed E-state index contributed by atoms with van der Waals surface area (Å²) in [4.78, 5) is 4.70. The van der Waals surface area contributed by atoms with Crippen LogP contribution in [0.25, 0.3) is 0 Å². The second-order valence-corrected chi connectivity index (χ2v) is 7.22. The molecule has 0 aromatic heterocycles. The Labute approximate surface area is 156 Å². The molecule has 1 aliphatic heterocycles. The highest BCUT2D eigenvalue weighted by Gasteiger charge is 2.20. The van der Waals surface area contributed by atoms with Crippen molar-refractivity contribution in [2.45, 2.75) is 45.1 Å². The molecule has 146 valence electrons. The normalized spacial score (nSPS) is 18.2. The second kappa shape index (κ2) is 10.5. The summed E-state index contributed by atoms with van der Waals surface area (Å²) in [5.41, 5.74) is 0.910. The van der Waals surface area contributed by atoms with E-state index >= 15 is 0 Å². The van der Waals surface area contributed by atoms with E-state index in [2.05, 4.69) is 24.5 Å². The first-order valence-electron chi connectivity index (χ1n) is 9.49. The summed E-state index contributed by atoms with van der Waals surface area (Å²) >= 11 is 0. The number of hydrogen-bond donors (Lipinski definition) is 2. The van der Waals surface area contributed by atoms with Gasteiger partial charge in [0.05, 0.1) is 19.3 Å². The fourth-order valence-electron chi connectivity index (χ4n) is 2.78. The van der Waals surface area contributed by atoms with Gasteiger partial charge in [-0.1, -0.05) is 26.0 Å². The van der Waals surface area contributed by atoms with Crippen LogP contribution in [0, 0.1) is 5.82 Å². The van der Waals surface area contributed by atoms with E-state index in [9.17, 15) is 4.39 Å². The van der Waals surface area contributed by atoms with Crippen molar-refractivity contribution in [1.82, 2.24) is 10.6 Å². The van der Waals surface area contributed by atoms with E-state index in [1.165, 1.54) is 12.1 Å². The quantitative estimate of drug-likeness (QED) is 0.401. The predicted octanol–water partition coefficient (Wildman–Crippen LogP) is 2.85. The summed E-state index contributed by atoms with van der Waals surface area (Å²) in [6.07, 6.45) is 2.17. The largest absolute Gasteiger partial charge is 0.379 e. The van der Waals surface area contributed by atoms with E-state index in [-0.39, 0.29) is 17.3 Å². The van der Waals surface area contributed by atoms with Crippen LogP contribution in [0.2, 0.25) is 0 Å². The van der Waals surface area contributed by atoms with Gasteiger partial charge in [0, 0.05) is 31.7 Å². The molecular formula is C20H32FN3O2. The minimum Gasteiger partial charge on any atom is -0.379 e. The average Bonchev–Trinajstić information content (AvgIpc) is 3.13. The van der Waals surface area contributed by atoms with Crippen molar-refractivity contribution in [2.75, 3.05) is 39.5 Å². The van der Waals surface area contributed by atoms with Crippen LogP contribution in [0.1, 0.15) is 39.2 Å². The first-order valence-corrected chi connectivity index (χ1v) is 9.49. The summed E-state index contributed by atoms with van der Waals surface area (Å²) in [7, 11) is 0. The summed E-state index contributed by atoms with van der Waals surface area (Å²) in [5, 5.41) is 6.61. The molecule has 1 aliphatic rings. The molecular weight excluding hydrogens is 333 g/mol. The highest BCUT2D eigenvalue weighted by atomic mass is 19.1. The van der Waals surface area contributed by atoms with Gasteiger partial charge in [-0.15, -0.1) is 0 Å². The van der Waals surface area contributed by atoms with Gasteiger partial charge in [0.25, 0.3) is 0 Å². The van der Waals surface area contributed by atoms with E-state index in [1.54, 1.807) is 0 Å². The summed E-state index contributed by atoms with van der Waals surface area (Å²) in [5.74, 6) is 0.585. The van der Waals surface area contributed by atoms with E-state index < -0.39 is 0 Å². The number of rotatable bonds is 9. The molecule has 1 unspecified atom stereocenters. The van der Waals surface area contributed by atoms with Crippen molar-refractivity contribution in [2.24, 2.45) is 4.99 Å². The van der Waals surface area contributed by atoms with Gasteiger partial charge in [-0.25, -0.2) is 4.39 Å². The number of aliphatic imine (C=N–C) groups is 1. The number of guanidine groups is 1. The molecule has 1 heterocycles. The highest BCUT2D eigenvalue weighted by molar-refractivity contribution is 5.79. The van der Waals surface area contributed by atoms with Gasteiger partial charge in [0.2, 0.25) is 0 Å². The maximum absolute atomic E-state index is 13.1. The lowest BCUT2D eigenvalue weighted by molar-refractivity contribution is 0.0420. The first-order chi connectivity index (χ1) is 12.5. The molecule has 0 spiro atoms. The molecule has 1 atom stereocenters. The summed E-state index contributed by atoms with van der Waals surface area (Å²) < 4.78 is 24.2. The number of halogens is 1. The third-order valence-corrected chi connectivity index (χ3v) is 4.46. The molecule has 0 bridgehead atoms. The van der Waals surface area contributed by atoms with Crippen LogP contribution >= 0.6 is 0 Å². The fraction of sp³-hybridized carbons (Fsp3) is 0.650. The number of nitrogens with zero attached hydrogens (tertiary/aromatic N) is 1. The summed E-state index contributed by atoms with van der Waals surface area (Å²) in [6, 6.07) is 6.66. The van der Waals surface area contributed by atoms with Gasteiger partial charge < -0.3 is 20.1 Å². The molecule has 26 heavy (non-hydrogen) atoms. The molecule has 1 aromatic rings. The molecule has 1 aromatic carbocycles. The highest BCUT2D eigenvalue weighted by Crippen LogP contribution is 2.23. The number of hydrogen-bond acceptors (Lipinski definition) is 3. The van der Waals surface area contributed by atoms with Gasteiger partial charge in [0.1, 0.15) is 5.82 Å². The van der Waals surface area contributed by atoms with Gasteiger partial charge in [-0.05, 0) is 37.5 Å². The topological polar surface area (TPSA) is 54.9 Å². The zero-order chi connectivity index (χ0) is 18.8. The third kappa shape index (κ3) is 6.92. The van der Waals surface area contributed by atoms with Crippen molar-refractivity contribution < 1.29 is 13.9 Å². The lowest BCUT2D eigenvalue weighted by Crippen LogP contribution is -2.39. The fourth-order valence-corrected chi connectivity index (χ4v) is 2.78. The maximum Gasteiger partial charge on any atom is 0.191 e. The van der Waals surface area contributed by atoms with Gasteiger partial charge in [0.15, 0.2) is 5.96 Å². The molecule has 0 saturated carbocycles. The van der Waals surface area contributed by atoms with Crippen LogP contribution in [-0.4, -0.2) is 51.5 Å². The van der Waals surface area contributed by atoms with Crippen LogP contribution in [0.5, 0.6) is 0 Å². The molecule has 6 heteroatoms. The monoisotopic (exact) mass is 365 g/mol. The molecule has 1 fully saturated rings. The standard InChI is InChI=1S/C20H32FN3O2/c1-4-22-19(23-11-5-12-26-18-10-13-25-14-18)24-15-20(2,3)16-6-8-17(21)9-7-16/h6-9,18H,4-5,10-15H2,1-3H3,(H2,22,23,24). The average molecular weight is 365 g/mol. The number of nitrogens with one attached hydrogen (secondary N) is 2. The molecule has 0 radical (unpaired) electrons. The van der Waals surface area contributed by atoms with Crippen LogP contribution in [-0.2, 0) is 14.9 Å².